The van der Waals surface area contributed by atoms with Gasteiger partial charge in [-0.25, -0.2) is 0 Å². The molecule has 94 valence electrons. The molecule has 1 heterocycles. The molecule has 1 aliphatic rings. The van der Waals surface area contributed by atoms with Gasteiger partial charge in [-0.3, -0.25) is 4.79 Å². The van der Waals surface area contributed by atoms with E-state index in [1.54, 1.807) is 0 Å². The molecule has 5 unspecified atom stereocenters. The largest absolute Gasteiger partial charge is 0.374 e. The average molecular weight is 248 g/mol. The Kier molecular flexibility index (Phi) is 5.06. The van der Waals surface area contributed by atoms with Gasteiger partial charge in [-0.05, 0) is 26.2 Å². The SMILES string of the molecule is CCC(Cl)CNC(=O)C1C(C)OC(C)C1C. The summed E-state index contributed by atoms with van der Waals surface area (Å²) in [7, 11) is 0. The zero-order valence-corrected chi connectivity index (χ0v) is 11.3. The molecule has 1 aliphatic heterocycles. The van der Waals surface area contributed by atoms with E-state index in [9.17, 15) is 4.79 Å². The van der Waals surface area contributed by atoms with Gasteiger partial charge < -0.3 is 10.1 Å². The third-order valence-electron chi connectivity index (χ3n) is 3.49. The molecule has 0 aromatic heterocycles. The van der Waals surface area contributed by atoms with Crippen molar-refractivity contribution in [2.75, 3.05) is 6.54 Å². The molecule has 1 N–H and O–H groups in total. The lowest BCUT2D eigenvalue weighted by Crippen LogP contribution is -2.39. The fourth-order valence-electron chi connectivity index (χ4n) is 2.19. The van der Waals surface area contributed by atoms with Crippen molar-refractivity contribution < 1.29 is 9.53 Å². The van der Waals surface area contributed by atoms with Gasteiger partial charge in [-0.2, -0.15) is 0 Å². The molecule has 0 radical (unpaired) electrons. The molecule has 0 aliphatic carbocycles. The van der Waals surface area contributed by atoms with Gasteiger partial charge in [0.15, 0.2) is 0 Å². The van der Waals surface area contributed by atoms with Crippen LogP contribution in [0.3, 0.4) is 0 Å². The molecule has 0 saturated carbocycles. The summed E-state index contributed by atoms with van der Waals surface area (Å²) in [5, 5.41) is 2.93. The van der Waals surface area contributed by atoms with Crippen LogP contribution in [0.15, 0.2) is 0 Å². The van der Waals surface area contributed by atoms with Crippen molar-refractivity contribution in [2.45, 2.75) is 51.7 Å². The molecule has 0 aromatic rings. The summed E-state index contributed by atoms with van der Waals surface area (Å²) in [5.74, 6) is 0.296. The van der Waals surface area contributed by atoms with Gasteiger partial charge >= 0.3 is 0 Å². The topological polar surface area (TPSA) is 38.3 Å². The monoisotopic (exact) mass is 247 g/mol. The first-order chi connectivity index (χ1) is 7.47. The van der Waals surface area contributed by atoms with Crippen molar-refractivity contribution in [3.63, 3.8) is 0 Å². The number of halogens is 1. The Morgan fingerprint density at radius 1 is 1.38 bits per heavy atom. The minimum absolute atomic E-state index is 0.000372. The minimum Gasteiger partial charge on any atom is -0.374 e. The smallest absolute Gasteiger partial charge is 0.226 e. The molecule has 1 fully saturated rings. The Morgan fingerprint density at radius 3 is 2.44 bits per heavy atom. The van der Waals surface area contributed by atoms with Crippen molar-refractivity contribution in [3.8, 4) is 0 Å². The summed E-state index contributed by atoms with van der Waals surface area (Å²) in [6.07, 6.45) is 1.02. The predicted octanol–water partition coefficient (Wildman–Crippen LogP) is 2.18. The fraction of sp³-hybridized carbons (Fsp3) is 0.917. The Hall–Kier alpha value is -0.280. The van der Waals surface area contributed by atoms with Gasteiger partial charge in [-0.1, -0.05) is 13.8 Å². The number of carbonyl (C=O) groups excluding carboxylic acids is 1. The van der Waals surface area contributed by atoms with E-state index in [2.05, 4.69) is 12.2 Å². The summed E-state index contributed by atoms with van der Waals surface area (Å²) < 4.78 is 5.65. The number of alkyl halides is 1. The van der Waals surface area contributed by atoms with Crippen LogP contribution in [0.5, 0.6) is 0 Å². The zero-order chi connectivity index (χ0) is 12.3. The highest BCUT2D eigenvalue weighted by Gasteiger charge is 2.41. The number of rotatable bonds is 4. The minimum atomic E-state index is -0.0456. The van der Waals surface area contributed by atoms with Crippen LogP contribution in [0.1, 0.15) is 34.1 Å². The molecule has 16 heavy (non-hydrogen) atoms. The maximum Gasteiger partial charge on any atom is 0.226 e. The quantitative estimate of drug-likeness (QED) is 0.774. The summed E-state index contributed by atoms with van der Waals surface area (Å²) in [6, 6.07) is 0. The summed E-state index contributed by atoms with van der Waals surface area (Å²) in [6.45, 7) is 8.60. The zero-order valence-electron chi connectivity index (χ0n) is 10.5. The van der Waals surface area contributed by atoms with E-state index in [-0.39, 0.29) is 35.3 Å². The first-order valence-corrected chi connectivity index (χ1v) is 6.48. The summed E-state index contributed by atoms with van der Waals surface area (Å²) in [4.78, 5) is 12.0. The van der Waals surface area contributed by atoms with Crippen LogP contribution < -0.4 is 5.32 Å². The maximum atomic E-state index is 12.0. The molecule has 3 nitrogen and oxygen atoms in total. The van der Waals surface area contributed by atoms with E-state index in [4.69, 9.17) is 16.3 Å². The van der Waals surface area contributed by atoms with Crippen molar-refractivity contribution in [2.24, 2.45) is 11.8 Å². The Bertz CT molecular complexity index is 247. The van der Waals surface area contributed by atoms with Gasteiger partial charge in [0.25, 0.3) is 0 Å². The van der Waals surface area contributed by atoms with Gasteiger partial charge in [0.2, 0.25) is 5.91 Å². The van der Waals surface area contributed by atoms with Crippen LogP contribution in [-0.4, -0.2) is 30.0 Å². The maximum absolute atomic E-state index is 12.0. The molecular formula is C12H22ClNO2. The van der Waals surface area contributed by atoms with Crippen LogP contribution >= 0.6 is 11.6 Å². The third-order valence-corrected chi connectivity index (χ3v) is 3.95. The van der Waals surface area contributed by atoms with Gasteiger partial charge in [0.05, 0.1) is 23.5 Å². The highest BCUT2D eigenvalue weighted by Crippen LogP contribution is 2.32. The molecular weight excluding hydrogens is 226 g/mol. The molecule has 1 rings (SSSR count). The molecule has 1 amide bonds. The van der Waals surface area contributed by atoms with Crippen molar-refractivity contribution >= 4 is 17.5 Å². The summed E-state index contributed by atoms with van der Waals surface area (Å²) >= 11 is 5.97. The van der Waals surface area contributed by atoms with E-state index in [0.29, 0.717) is 6.54 Å². The number of hydrogen-bond acceptors (Lipinski definition) is 2. The van der Waals surface area contributed by atoms with Crippen LogP contribution in [-0.2, 0) is 9.53 Å². The molecule has 0 aromatic carbocycles. The van der Waals surface area contributed by atoms with Crippen LogP contribution in [0.2, 0.25) is 0 Å². The number of amides is 1. The number of ether oxygens (including phenoxy) is 1. The predicted molar refractivity (Wildman–Crippen MR) is 65.6 cm³/mol. The van der Waals surface area contributed by atoms with E-state index in [1.165, 1.54) is 0 Å². The second-order valence-electron chi connectivity index (χ2n) is 4.68. The average Bonchev–Trinajstić information content (AvgIpc) is 2.49. The van der Waals surface area contributed by atoms with Crippen LogP contribution in [0, 0.1) is 11.8 Å². The Balaban J connectivity index is 2.47. The lowest BCUT2D eigenvalue weighted by atomic mass is 9.89. The van der Waals surface area contributed by atoms with Gasteiger partial charge in [0.1, 0.15) is 0 Å². The molecule has 4 heteroatoms. The first-order valence-electron chi connectivity index (χ1n) is 6.04. The highest BCUT2D eigenvalue weighted by atomic mass is 35.5. The molecule has 0 bridgehead atoms. The van der Waals surface area contributed by atoms with Crippen molar-refractivity contribution in [1.29, 1.82) is 0 Å². The van der Waals surface area contributed by atoms with E-state index < -0.39 is 0 Å². The summed E-state index contributed by atoms with van der Waals surface area (Å²) in [5.41, 5.74) is 0. The van der Waals surface area contributed by atoms with Gasteiger partial charge in [-0.15, -0.1) is 11.6 Å². The molecule has 0 spiro atoms. The Labute approximate surface area is 103 Å². The van der Waals surface area contributed by atoms with Gasteiger partial charge in [0, 0.05) is 6.54 Å². The highest BCUT2D eigenvalue weighted by molar-refractivity contribution is 6.20. The lowest BCUT2D eigenvalue weighted by molar-refractivity contribution is -0.127. The fourth-order valence-corrected chi connectivity index (χ4v) is 2.27. The second kappa shape index (κ2) is 5.87. The number of carbonyl (C=O) groups is 1. The van der Waals surface area contributed by atoms with E-state index in [1.807, 2.05) is 20.8 Å². The van der Waals surface area contributed by atoms with Crippen molar-refractivity contribution in [1.82, 2.24) is 5.32 Å². The van der Waals surface area contributed by atoms with Crippen molar-refractivity contribution in [3.05, 3.63) is 0 Å². The standard InChI is InChI=1S/C12H22ClNO2/c1-5-10(13)6-14-12(15)11-7(2)8(3)16-9(11)4/h7-11H,5-6H2,1-4H3,(H,14,15). The number of nitrogens with one attached hydrogen (secondary N) is 1. The van der Waals surface area contributed by atoms with Crippen LogP contribution in [0.4, 0.5) is 0 Å². The molecule has 5 atom stereocenters. The van der Waals surface area contributed by atoms with E-state index >= 15 is 0 Å². The first kappa shape index (κ1) is 13.8. The lowest BCUT2D eigenvalue weighted by Gasteiger charge is -2.18. The molecule has 1 saturated heterocycles. The second-order valence-corrected chi connectivity index (χ2v) is 5.30. The number of hydrogen-bond donors (Lipinski definition) is 1. The Morgan fingerprint density at radius 2 is 2.00 bits per heavy atom. The van der Waals surface area contributed by atoms with Crippen LogP contribution in [0.25, 0.3) is 0 Å². The van der Waals surface area contributed by atoms with E-state index in [0.717, 1.165) is 6.42 Å². The third kappa shape index (κ3) is 3.11. The normalized spacial score (nSPS) is 36.1.